The third-order valence-corrected chi connectivity index (χ3v) is 4.58. The van der Waals surface area contributed by atoms with Crippen LogP contribution in [0.25, 0.3) is 0 Å². The summed E-state index contributed by atoms with van der Waals surface area (Å²) in [6.45, 7) is 0.276. The van der Waals surface area contributed by atoms with E-state index in [0.717, 1.165) is 10.5 Å². The first-order valence-electron chi connectivity index (χ1n) is 6.04. The maximum Gasteiger partial charge on any atom is 0.330 e. The summed E-state index contributed by atoms with van der Waals surface area (Å²) >= 11 is 0. The number of hydrogen-bond donors (Lipinski definition) is 1. The van der Waals surface area contributed by atoms with Crippen molar-refractivity contribution < 1.29 is 8.95 Å². The number of nitrogens with one attached hydrogen (secondary N) is 1. The molecule has 1 aliphatic heterocycles. The predicted octanol–water partition coefficient (Wildman–Crippen LogP) is 0.373. The average molecular weight is 292 g/mol. The van der Waals surface area contributed by atoms with E-state index in [1.165, 1.54) is 16.8 Å². The molecular weight excluding hydrogens is 280 g/mol. The third-order valence-electron chi connectivity index (χ3n) is 3.10. The van der Waals surface area contributed by atoms with Gasteiger partial charge in [0.1, 0.15) is 6.23 Å². The summed E-state index contributed by atoms with van der Waals surface area (Å²) in [5.74, 6) is 0.170. The molecule has 0 amide bonds. The van der Waals surface area contributed by atoms with E-state index in [4.69, 9.17) is 4.74 Å². The Morgan fingerprint density at radius 1 is 1.25 bits per heavy atom. The summed E-state index contributed by atoms with van der Waals surface area (Å²) in [5.41, 5.74) is -0.180. The van der Waals surface area contributed by atoms with Crippen molar-refractivity contribution >= 4 is 10.8 Å². The molecule has 1 aromatic heterocycles. The van der Waals surface area contributed by atoms with Crippen molar-refractivity contribution in [3.63, 3.8) is 0 Å². The highest BCUT2D eigenvalue weighted by molar-refractivity contribution is 7.85. The molecule has 1 N–H and O–H groups in total. The first-order chi connectivity index (χ1) is 9.65. The van der Waals surface area contributed by atoms with Crippen molar-refractivity contribution in [2.75, 3.05) is 5.75 Å². The Morgan fingerprint density at radius 2 is 2.05 bits per heavy atom. The van der Waals surface area contributed by atoms with Crippen LogP contribution in [-0.4, -0.2) is 19.5 Å². The van der Waals surface area contributed by atoms with Gasteiger partial charge in [-0.1, -0.05) is 18.2 Å². The summed E-state index contributed by atoms with van der Waals surface area (Å²) in [7, 11) is -1.25. The fourth-order valence-corrected chi connectivity index (χ4v) is 3.46. The van der Waals surface area contributed by atoms with Crippen LogP contribution in [0.3, 0.4) is 0 Å². The van der Waals surface area contributed by atoms with Gasteiger partial charge >= 0.3 is 5.69 Å². The van der Waals surface area contributed by atoms with Gasteiger partial charge in [-0.15, -0.1) is 0 Å². The topological polar surface area (TPSA) is 81.2 Å². The van der Waals surface area contributed by atoms with Gasteiger partial charge in [-0.05, 0) is 11.6 Å². The minimum atomic E-state index is -1.25. The van der Waals surface area contributed by atoms with Gasteiger partial charge in [-0.3, -0.25) is 18.6 Å². The number of fused-ring (bicyclic) bond motifs is 1. The molecule has 1 aliphatic rings. The highest BCUT2D eigenvalue weighted by atomic mass is 32.2. The summed E-state index contributed by atoms with van der Waals surface area (Å²) in [6, 6.07) is 8.57. The van der Waals surface area contributed by atoms with Crippen molar-refractivity contribution in [3.8, 4) is 0 Å². The standard InChI is InChI=1S/C13H12N2O4S/c16-11-5-6-15(13(17)14-11)12-8-20(18)10-4-2-1-3-9(10)7-19-12/h1-6,12H,7-8H2,(H,14,16,17). The molecule has 2 unspecified atom stereocenters. The lowest BCUT2D eigenvalue weighted by Gasteiger charge is -2.16. The van der Waals surface area contributed by atoms with Gasteiger partial charge in [0.15, 0.2) is 0 Å². The molecule has 1 aromatic carbocycles. The second-order valence-corrected chi connectivity index (χ2v) is 5.87. The molecule has 0 aliphatic carbocycles. The number of benzene rings is 1. The Bertz CT molecular complexity index is 780. The van der Waals surface area contributed by atoms with Gasteiger partial charge in [0.05, 0.1) is 23.2 Å². The average Bonchev–Trinajstić information content (AvgIpc) is 2.59. The maximum absolute atomic E-state index is 12.3. The number of nitrogens with zero attached hydrogens (tertiary/aromatic N) is 1. The van der Waals surface area contributed by atoms with Crippen LogP contribution >= 0.6 is 0 Å². The smallest absolute Gasteiger partial charge is 0.330 e. The van der Waals surface area contributed by atoms with Gasteiger partial charge in [0.25, 0.3) is 5.56 Å². The van der Waals surface area contributed by atoms with Crippen molar-refractivity contribution in [1.29, 1.82) is 0 Å². The van der Waals surface area contributed by atoms with Crippen LogP contribution in [-0.2, 0) is 22.1 Å². The van der Waals surface area contributed by atoms with Crippen molar-refractivity contribution in [3.05, 3.63) is 62.9 Å². The van der Waals surface area contributed by atoms with Gasteiger partial charge in [0, 0.05) is 17.2 Å². The van der Waals surface area contributed by atoms with E-state index in [9.17, 15) is 13.8 Å². The Kier molecular flexibility index (Phi) is 3.37. The minimum absolute atomic E-state index is 0.170. The molecule has 2 heterocycles. The first kappa shape index (κ1) is 13.0. The molecule has 2 aromatic rings. The molecule has 0 radical (unpaired) electrons. The summed E-state index contributed by atoms with van der Waals surface area (Å²) < 4.78 is 19.2. The lowest BCUT2D eigenvalue weighted by Crippen LogP contribution is -2.34. The molecule has 0 spiro atoms. The second kappa shape index (κ2) is 5.18. The van der Waals surface area contributed by atoms with E-state index in [-0.39, 0.29) is 12.4 Å². The first-order valence-corrected chi connectivity index (χ1v) is 7.36. The Hall–Kier alpha value is -1.99. The number of hydrogen-bond acceptors (Lipinski definition) is 4. The van der Waals surface area contributed by atoms with Crippen molar-refractivity contribution in [1.82, 2.24) is 9.55 Å². The van der Waals surface area contributed by atoms with E-state index in [1.54, 1.807) is 6.07 Å². The van der Waals surface area contributed by atoms with Crippen molar-refractivity contribution in [2.45, 2.75) is 17.7 Å². The summed E-state index contributed by atoms with van der Waals surface area (Å²) in [6.07, 6.45) is 0.700. The normalized spacial score (nSPS) is 22.0. The quantitative estimate of drug-likeness (QED) is 0.823. The fourth-order valence-electron chi connectivity index (χ4n) is 2.11. The van der Waals surface area contributed by atoms with E-state index in [1.807, 2.05) is 18.2 Å². The van der Waals surface area contributed by atoms with Crippen LogP contribution < -0.4 is 11.2 Å². The zero-order valence-corrected chi connectivity index (χ0v) is 11.3. The van der Waals surface area contributed by atoms with E-state index >= 15 is 0 Å². The monoisotopic (exact) mass is 292 g/mol. The highest BCUT2D eigenvalue weighted by Gasteiger charge is 2.23. The predicted molar refractivity (Wildman–Crippen MR) is 72.9 cm³/mol. The van der Waals surface area contributed by atoms with E-state index in [2.05, 4.69) is 4.98 Å². The SMILES string of the molecule is O=c1ccn(C2CS(=O)c3ccccc3CO2)c(=O)[nH]1. The molecule has 0 saturated carbocycles. The van der Waals surface area contributed by atoms with Gasteiger partial charge in [0.2, 0.25) is 0 Å². The fraction of sp³-hybridized carbons (Fsp3) is 0.231. The molecule has 7 heteroatoms. The van der Waals surface area contributed by atoms with E-state index < -0.39 is 28.3 Å². The van der Waals surface area contributed by atoms with Crippen molar-refractivity contribution in [2.24, 2.45) is 0 Å². The second-order valence-electron chi connectivity index (χ2n) is 4.40. The number of aromatic nitrogens is 2. The van der Waals surface area contributed by atoms with E-state index in [0.29, 0.717) is 0 Å². The van der Waals surface area contributed by atoms with Crippen LogP contribution in [0, 0.1) is 0 Å². The lowest BCUT2D eigenvalue weighted by molar-refractivity contribution is 0.00488. The molecule has 2 atom stereocenters. The molecule has 0 saturated heterocycles. The highest BCUT2D eigenvalue weighted by Crippen LogP contribution is 2.24. The number of ether oxygens (including phenoxy) is 1. The zero-order chi connectivity index (χ0) is 14.1. The number of aromatic amines is 1. The summed E-state index contributed by atoms with van der Waals surface area (Å²) in [5, 5.41) is 0. The van der Waals surface area contributed by atoms with Crippen LogP contribution in [0.5, 0.6) is 0 Å². The Morgan fingerprint density at radius 3 is 2.85 bits per heavy atom. The van der Waals surface area contributed by atoms with Gasteiger partial charge in [-0.25, -0.2) is 4.79 Å². The van der Waals surface area contributed by atoms with Crippen LogP contribution in [0.2, 0.25) is 0 Å². The van der Waals surface area contributed by atoms with Gasteiger partial charge in [-0.2, -0.15) is 0 Å². The zero-order valence-electron chi connectivity index (χ0n) is 10.4. The number of H-pyrrole nitrogens is 1. The minimum Gasteiger partial charge on any atom is -0.352 e. The molecule has 0 bridgehead atoms. The molecule has 0 fully saturated rings. The lowest BCUT2D eigenvalue weighted by atomic mass is 10.2. The largest absolute Gasteiger partial charge is 0.352 e. The molecule has 104 valence electrons. The molecule has 3 rings (SSSR count). The molecule has 6 nitrogen and oxygen atoms in total. The maximum atomic E-state index is 12.3. The van der Waals surface area contributed by atoms with Gasteiger partial charge < -0.3 is 4.74 Å². The summed E-state index contributed by atoms with van der Waals surface area (Å²) in [4.78, 5) is 25.7. The Labute approximate surface area is 116 Å². The van der Waals surface area contributed by atoms with Crippen LogP contribution in [0.1, 0.15) is 11.8 Å². The van der Waals surface area contributed by atoms with Crippen LogP contribution in [0.4, 0.5) is 0 Å². The Balaban J connectivity index is 1.98. The third kappa shape index (κ3) is 2.37. The number of rotatable bonds is 1. The molecule has 20 heavy (non-hydrogen) atoms. The molecular formula is C13H12N2O4S. The van der Waals surface area contributed by atoms with Crippen LogP contribution in [0.15, 0.2) is 51.0 Å².